The number of nitrogens with one attached hydrogen (secondary N) is 1. The highest BCUT2D eigenvalue weighted by molar-refractivity contribution is 5.97. The smallest absolute Gasteiger partial charge is 0.349 e. The third-order valence-corrected chi connectivity index (χ3v) is 3.42. The maximum absolute atomic E-state index is 12.3. The van der Waals surface area contributed by atoms with Crippen LogP contribution in [-0.2, 0) is 6.54 Å². The summed E-state index contributed by atoms with van der Waals surface area (Å²) in [5.41, 5.74) is 0.292. The average Bonchev–Trinajstić information content (AvgIpc) is 2.61. The van der Waals surface area contributed by atoms with Crippen LogP contribution in [0.15, 0.2) is 57.9 Å². The molecule has 0 aliphatic heterocycles. The lowest BCUT2D eigenvalue weighted by atomic mass is 10.1. The van der Waals surface area contributed by atoms with E-state index in [-0.39, 0.29) is 24.5 Å². The fourth-order valence-electron chi connectivity index (χ4n) is 2.31. The lowest BCUT2D eigenvalue weighted by Crippen LogP contribution is -2.28. The molecule has 0 spiro atoms. The minimum absolute atomic E-state index is 0. The largest absolute Gasteiger partial charge is 0.490 e. The Morgan fingerprint density at radius 1 is 1.24 bits per heavy atom. The number of carbonyl (C=O) groups is 1. The quantitative estimate of drug-likeness (QED) is 0.707. The molecule has 2 aromatic heterocycles. The summed E-state index contributed by atoms with van der Waals surface area (Å²) in [6.45, 7) is 2.53. The first-order valence-electron chi connectivity index (χ1n) is 7.57. The lowest BCUT2D eigenvalue weighted by Gasteiger charge is -2.07. The van der Waals surface area contributed by atoms with Gasteiger partial charge < -0.3 is 14.5 Å². The summed E-state index contributed by atoms with van der Waals surface area (Å²) in [5, 5.41) is 3.30. The summed E-state index contributed by atoms with van der Waals surface area (Å²) in [5.74, 6) is -0.0225. The molecular weight excluding hydrogens is 344 g/mol. The van der Waals surface area contributed by atoms with Gasteiger partial charge in [-0.15, -0.1) is 12.4 Å². The number of benzene rings is 1. The van der Waals surface area contributed by atoms with Crippen LogP contribution in [0, 0.1) is 0 Å². The number of hydrogen-bond donors (Lipinski definition) is 1. The van der Waals surface area contributed by atoms with Crippen molar-refractivity contribution in [2.75, 3.05) is 6.61 Å². The van der Waals surface area contributed by atoms with Crippen molar-refractivity contribution in [2.45, 2.75) is 13.5 Å². The van der Waals surface area contributed by atoms with E-state index < -0.39 is 11.5 Å². The number of para-hydroxylation sites is 1. The Morgan fingerprint density at radius 3 is 2.80 bits per heavy atom. The van der Waals surface area contributed by atoms with Gasteiger partial charge in [-0.25, -0.2) is 4.79 Å². The Morgan fingerprint density at radius 2 is 2.08 bits per heavy atom. The molecule has 0 fully saturated rings. The molecule has 0 unspecified atom stereocenters. The molecule has 6 nitrogen and oxygen atoms in total. The van der Waals surface area contributed by atoms with Gasteiger partial charge in [0.1, 0.15) is 5.56 Å². The van der Waals surface area contributed by atoms with Crippen LogP contribution in [-0.4, -0.2) is 17.5 Å². The van der Waals surface area contributed by atoms with Gasteiger partial charge in [0.05, 0.1) is 18.8 Å². The first-order chi connectivity index (χ1) is 11.7. The highest BCUT2D eigenvalue weighted by Crippen LogP contribution is 2.24. The van der Waals surface area contributed by atoms with Crippen molar-refractivity contribution >= 4 is 29.3 Å². The third kappa shape index (κ3) is 4.16. The zero-order valence-electron chi connectivity index (χ0n) is 13.5. The fraction of sp³-hybridized carbons (Fsp3) is 0.167. The molecule has 1 aromatic carbocycles. The molecule has 1 amide bonds. The first kappa shape index (κ1) is 18.5. The summed E-state index contributed by atoms with van der Waals surface area (Å²) in [6, 6.07) is 12.2. The second-order valence-electron chi connectivity index (χ2n) is 5.06. The fourth-order valence-corrected chi connectivity index (χ4v) is 2.31. The van der Waals surface area contributed by atoms with Crippen LogP contribution >= 0.6 is 12.4 Å². The number of nitrogens with zero attached hydrogens (tertiary/aromatic N) is 1. The zero-order chi connectivity index (χ0) is 16.9. The average molecular weight is 361 g/mol. The number of halogens is 1. The Bertz CT molecular complexity index is 925. The monoisotopic (exact) mass is 360 g/mol. The standard InChI is InChI=1S/C18H16N2O4.ClH/c1-2-23-15-8-5-6-12-10-14(18(22)24-16(12)15)17(21)20-11-13-7-3-4-9-19-13;/h3-10H,2,11H2,1H3,(H,20,21);1H. The lowest BCUT2D eigenvalue weighted by molar-refractivity contribution is 0.0947. The number of fused-ring (bicyclic) bond motifs is 1. The van der Waals surface area contributed by atoms with Crippen molar-refractivity contribution in [3.05, 3.63) is 70.3 Å². The molecular formula is C18H17ClN2O4. The number of aromatic nitrogens is 1. The molecule has 7 heteroatoms. The van der Waals surface area contributed by atoms with Crippen LogP contribution < -0.4 is 15.7 Å². The highest BCUT2D eigenvalue weighted by atomic mass is 35.5. The van der Waals surface area contributed by atoms with Gasteiger partial charge in [0.2, 0.25) is 0 Å². The Balaban J connectivity index is 0.00000225. The summed E-state index contributed by atoms with van der Waals surface area (Å²) in [6.07, 6.45) is 1.64. The molecule has 0 aliphatic rings. The van der Waals surface area contributed by atoms with Crippen molar-refractivity contribution in [3.63, 3.8) is 0 Å². The van der Waals surface area contributed by atoms with E-state index in [9.17, 15) is 9.59 Å². The molecule has 0 atom stereocenters. The van der Waals surface area contributed by atoms with Gasteiger partial charge in [-0.3, -0.25) is 9.78 Å². The van der Waals surface area contributed by atoms with Crippen LogP contribution in [0.25, 0.3) is 11.0 Å². The molecule has 0 saturated carbocycles. The van der Waals surface area contributed by atoms with Crippen molar-refractivity contribution in [1.29, 1.82) is 0 Å². The van der Waals surface area contributed by atoms with E-state index in [1.165, 1.54) is 6.07 Å². The molecule has 130 valence electrons. The number of ether oxygens (including phenoxy) is 1. The van der Waals surface area contributed by atoms with Gasteiger partial charge >= 0.3 is 5.63 Å². The van der Waals surface area contributed by atoms with Crippen molar-refractivity contribution in [2.24, 2.45) is 0 Å². The number of carbonyl (C=O) groups excluding carboxylic acids is 1. The molecule has 0 radical (unpaired) electrons. The van der Waals surface area contributed by atoms with Gasteiger partial charge in [-0.1, -0.05) is 18.2 Å². The Hall–Kier alpha value is -2.86. The van der Waals surface area contributed by atoms with E-state index in [4.69, 9.17) is 9.15 Å². The van der Waals surface area contributed by atoms with E-state index in [2.05, 4.69) is 10.3 Å². The predicted octanol–water partition coefficient (Wildman–Crippen LogP) is 2.94. The van der Waals surface area contributed by atoms with E-state index in [0.29, 0.717) is 29.0 Å². The van der Waals surface area contributed by atoms with Crippen LogP contribution in [0.2, 0.25) is 0 Å². The van der Waals surface area contributed by atoms with Crippen LogP contribution in [0.3, 0.4) is 0 Å². The van der Waals surface area contributed by atoms with Crippen LogP contribution in [0.1, 0.15) is 23.0 Å². The van der Waals surface area contributed by atoms with E-state index >= 15 is 0 Å². The molecule has 3 aromatic rings. The second kappa shape index (κ2) is 8.30. The molecule has 0 bridgehead atoms. The van der Waals surface area contributed by atoms with Crippen molar-refractivity contribution in [1.82, 2.24) is 10.3 Å². The minimum Gasteiger partial charge on any atom is -0.490 e. The van der Waals surface area contributed by atoms with E-state index in [1.807, 2.05) is 13.0 Å². The Labute approximate surface area is 150 Å². The number of rotatable bonds is 5. The summed E-state index contributed by atoms with van der Waals surface area (Å²) in [4.78, 5) is 28.5. The van der Waals surface area contributed by atoms with Gasteiger partial charge in [0.15, 0.2) is 11.3 Å². The zero-order valence-corrected chi connectivity index (χ0v) is 14.3. The Kier molecular flexibility index (Phi) is 6.14. The second-order valence-corrected chi connectivity index (χ2v) is 5.06. The molecule has 0 saturated heterocycles. The molecule has 2 heterocycles. The number of pyridine rings is 1. The first-order valence-corrected chi connectivity index (χ1v) is 7.57. The van der Waals surface area contributed by atoms with Gasteiger partial charge in [0, 0.05) is 11.6 Å². The van der Waals surface area contributed by atoms with Gasteiger partial charge in [-0.05, 0) is 31.2 Å². The maximum atomic E-state index is 12.3. The van der Waals surface area contributed by atoms with Crippen molar-refractivity contribution in [3.8, 4) is 5.75 Å². The summed E-state index contributed by atoms with van der Waals surface area (Å²) < 4.78 is 10.7. The van der Waals surface area contributed by atoms with E-state index in [0.717, 1.165) is 0 Å². The number of hydrogen-bond acceptors (Lipinski definition) is 5. The summed E-state index contributed by atoms with van der Waals surface area (Å²) in [7, 11) is 0. The SMILES string of the molecule is CCOc1cccc2cc(C(=O)NCc3ccccn3)c(=O)oc12.Cl. The highest BCUT2D eigenvalue weighted by Gasteiger charge is 2.15. The van der Waals surface area contributed by atoms with E-state index in [1.54, 1.807) is 36.5 Å². The summed E-state index contributed by atoms with van der Waals surface area (Å²) >= 11 is 0. The normalized spacial score (nSPS) is 10.1. The third-order valence-electron chi connectivity index (χ3n) is 3.42. The topological polar surface area (TPSA) is 81.4 Å². The maximum Gasteiger partial charge on any atom is 0.349 e. The van der Waals surface area contributed by atoms with Gasteiger partial charge in [0.25, 0.3) is 5.91 Å². The molecule has 25 heavy (non-hydrogen) atoms. The molecule has 3 rings (SSSR count). The van der Waals surface area contributed by atoms with Gasteiger partial charge in [-0.2, -0.15) is 0 Å². The molecule has 0 aliphatic carbocycles. The van der Waals surface area contributed by atoms with Crippen LogP contribution in [0.4, 0.5) is 0 Å². The molecule has 1 N–H and O–H groups in total. The number of amides is 1. The minimum atomic E-state index is -0.701. The van der Waals surface area contributed by atoms with Crippen LogP contribution in [0.5, 0.6) is 5.75 Å². The van der Waals surface area contributed by atoms with Crippen molar-refractivity contribution < 1.29 is 13.9 Å². The predicted molar refractivity (Wildman–Crippen MR) is 96.3 cm³/mol.